The molecule has 1 N–H and O–H groups in total. The van der Waals surface area contributed by atoms with Crippen LogP contribution in [-0.2, 0) is 11.2 Å². The minimum absolute atomic E-state index is 0.452. The molecule has 0 heterocycles. The standard InChI is InChI=1S/C14H22ClNO/c1-11(10-17-3)9-16-12(2)7-13-5-4-6-14(15)8-13/h4-6,8,11-12,16H,7,9-10H2,1-3H3. The summed E-state index contributed by atoms with van der Waals surface area (Å²) in [6.07, 6.45) is 1.00. The first kappa shape index (κ1) is 14.5. The van der Waals surface area contributed by atoms with Crippen molar-refractivity contribution in [3.63, 3.8) is 0 Å². The SMILES string of the molecule is COCC(C)CNC(C)Cc1cccc(Cl)c1. The van der Waals surface area contributed by atoms with Crippen LogP contribution >= 0.6 is 11.6 Å². The zero-order valence-electron chi connectivity index (χ0n) is 10.9. The molecule has 0 amide bonds. The van der Waals surface area contributed by atoms with E-state index in [1.165, 1.54) is 5.56 Å². The number of hydrogen-bond acceptors (Lipinski definition) is 2. The van der Waals surface area contributed by atoms with Crippen LogP contribution in [-0.4, -0.2) is 26.3 Å². The summed E-state index contributed by atoms with van der Waals surface area (Å²) in [5.41, 5.74) is 1.27. The number of hydrogen-bond donors (Lipinski definition) is 1. The van der Waals surface area contributed by atoms with Gasteiger partial charge in [0.1, 0.15) is 0 Å². The summed E-state index contributed by atoms with van der Waals surface area (Å²) < 4.78 is 5.11. The van der Waals surface area contributed by atoms with Gasteiger partial charge < -0.3 is 10.1 Å². The topological polar surface area (TPSA) is 21.3 Å². The highest BCUT2D eigenvalue weighted by Gasteiger charge is 2.06. The van der Waals surface area contributed by atoms with E-state index in [0.29, 0.717) is 12.0 Å². The fourth-order valence-corrected chi connectivity index (χ4v) is 2.05. The van der Waals surface area contributed by atoms with Crippen LogP contribution in [0.15, 0.2) is 24.3 Å². The van der Waals surface area contributed by atoms with E-state index in [-0.39, 0.29) is 0 Å². The minimum Gasteiger partial charge on any atom is -0.384 e. The minimum atomic E-state index is 0.452. The molecule has 0 aromatic heterocycles. The molecule has 1 aromatic carbocycles. The summed E-state index contributed by atoms with van der Waals surface area (Å²) in [6.45, 7) is 6.16. The molecule has 0 radical (unpaired) electrons. The Bertz CT molecular complexity index is 330. The Kier molecular flexibility index (Phi) is 6.56. The Morgan fingerprint density at radius 1 is 1.35 bits per heavy atom. The summed E-state index contributed by atoms with van der Waals surface area (Å²) in [6, 6.07) is 8.50. The third-order valence-corrected chi connectivity index (χ3v) is 2.93. The van der Waals surface area contributed by atoms with Gasteiger partial charge in [0.15, 0.2) is 0 Å². The van der Waals surface area contributed by atoms with Gasteiger partial charge in [-0.25, -0.2) is 0 Å². The maximum atomic E-state index is 5.96. The van der Waals surface area contributed by atoms with Gasteiger partial charge in [-0.3, -0.25) is 0 Å². The normalized spacial score (nSPS) is 14.6. The number of rotatable bonds is 7. The van der Waals surface area contributed by atoms with Crippen molar-refractivity contribution in [1.29, 1.82) is 0 Å². The highest BCUT2D eigenvalue weighted by atomic mass is 35.5. The maximum Gasteiger partial charge on any atom is 0.0499 e. The number of ether oxygens (including phenoxy) is 1. The molecule has 0 saturated carbocycles. The molecular formula is C14H22ClNO. The van der Waals surface area contributed by atoms with Crippen LogP contribution in [0.25, 0.3) is 0 Å². The molecule has 0 bridgehead atoms. The molecule has 1 rings (SSSR count). The Morgan fingerprint density at radius 2 is 2.12 bits per heavy atom. The monoisotopic (exact) mass is 255 g/mol. The highest BCUT2D eigenvalue weighted by molar-refractivity contribution is 6.30. The van der Waals surface area contributed by atoms with Crippen molar-refractivity contribution in [2.24, 2.45) is 5.92 Å². The fraction of sp³-hybridized carbons (Fsp3) is 0.571. The molecule has 0 aliphatic heterocycles. The van der Waals surface area contributed by atoms with Crippen molar-refractivity contribution in [3.05, 3.63) is 34.9 Å². The van der Waals surface area contributed by atoms with E-state index in [9.17, 15) is 0 Å². The third-order valence-electron chi connectivity index (χ3n) is 2.70. The molecule has 0 spiro atoms. The highest BCUT2D eigenvalue weighted by Crippen LogP contribution is 2.12. The van der Waals surface area contributed by atoms with Crippen molar-refractivity contribution >= 4 is 11.6 Å². The van der Waals surface area contributed by atoms with Crippen molar-refractivity contribution in [2.75, 3.05) is 20.3 Å². The average molecular weight is 256 g/mol. The van der Waals surface area contributed by atoms with Gasteiger partial charge in [0.05, 0.1) is 0 Å². The summed E-state index contributed by atoms with van der Waals surface area (Å²) in [7, 11) is 1.74. The number of methoxy groups -OCH3 is 1. The van der Waals surface area contributed by atoms with Crippen LogP contribution in [0, 0.1) is 5.92 Å². The van der Waals surface area contributed by atoms with Crippen LogP contribution in [0.4, 0.5) is 0 Å². The number of benzene rings is 1. The van der Waals surface area contributed by atoms with Gasteiger partial charge in [-0.05, 0) is 37.0 Å². The lowest BCUT2D eigenvalue weighted by atomic mass is 10.1. The molecule has 0 aliphatic carbocycles. The predicted octanol–water partition coefficient (Wildman–Crippen LogP) is 3.14. The van der Waals surface area contributed by atoms with E-state index in [4.69, 9.17) is 16.3 Å². The fourth-order valence-electron chi connectivity index (χ4n) is 1.84. The van der Waals surface area contributed by atoms with Gasteiger partial charge in [0.2, 0.25) is 0 Å². The summed E-state index contributed by atoms with van der Waals surface area (Å²) in [4.78, 5) is 0. The first-order valence-corrected chi connectivity index (χ1v) is 6.46. The van der Waals surface area contributed by atoms with Crippen molar-refractivity contribution in [2.45, 2.75) is 26.3 Å². The third kappa shape index (κ3) is 6.06. The molecule has 0 saturated heterocycles. The lowest BCUT2D eigenvalue weighted by Gasteiger charge is -2.17. The van der Waals surface area contributed by atoms with Gasteiger partial charge >= 0.3 is 0 Å². The second-order valence-electron chi connectivity index (χ2n) is 4.70. The van der Waals surface area contributed by atoms with Crippen LogP contribution in [0.3, 0.4) is 0 Å². The van der Waals surface area contributed by atoms with Crippen molar-refractivity contribution < 1.29 is 4.74 Å². The molecule has 3 heteroatoms. The quantitative estimate of drug-likeness (QED) is 0.808. The molecule has 2 atom stereocenters. The predicted molar refractivity (Wildman–Crippen MR) is 73.7 cm³/mol. The zero-order chi connectivity index (χ0) is 12.7. The summed E-state index contributed by atoms with van der Waals surface area (Å²) >= 11 is 5.96. The molecule has 1 aromatic rings. The van der Waals surface area contributed by atoms with Crippen molar-refractivity contribution in [3.8, 4) is 0 Å². The Morgan fingerprint density at radius 3 is 2.76 bits per heavy atom. The molecule has 2 unspecified atom stereocenters. The van der Waals surface area contributed by atoms with Gasteiger partial charge in [0.25, 0.3) is 0 Å². The lowest BCUT2D eigenvalue weighted by Crippen LogP contribution is -2.33. The Balaban J connectivity index is 2.32. The van der Waals surface area contributed by atoms with Crippen LogP contribution in [0.2, 0.25) is 5.02 Å². The largest absolute Gasteiger partial charge is 0.384 e. The molecule has 0 aliphatic rings. The van der Waals surface area contributed by atoms with Gasteiger partial charge in [-0.15, -0.1) is 0 Å². The van der Waals surface area contributed by atoms with Crippen molar-refractivity contribution in [1.82, 2.24) is 5.32 Å². The van der Waals surface area contributed by atoms with E-state index < -0.39 is 0 Å². The van der Waals surface area contributed by atoms with Gasteiger partial charge in [-0.2, -0.15) is 0 Å². The second-order valence-corrected chi connectivity index (χ2v) is 5.14. The summed E-state index contributed by atoms with van der Waals surface area (Å²) in [5.74, 6) is 0.543. The number of nitrogens with one attached hydrogen (secondary N) is 1. The van der Waals surface area contributed by atoms with E-state index in [0.717, 1.165) is 24.6 Å². The Hall–Kier alpha value is -0.570. The zero-order valence-corrected chi connectivity index (χ0v) is 11.6. The average Bonchev–Trinajstić information content (AvgIpc) is 2.27. The second kappa shape index (κ2) is 7.70. The maximum absolute atomic E-state index is 5.96. The molecule has 96 valence electrons. The van der Waals surface area contributed by atoms with E-state index >= 15 is 0 Å². The van der Waals surface area contributed by atoms with E-state index in [2.05, 4.69) is 25.2 Å². The van der Waals surface area contributed by atoms with Gasteiger partial charge in [-0.1, -0.05) is 30.7 Å². The smallest absolute Gasteiger partial charge is 0.0499 e. The van der Waals surface area contributed by atoms with Crippen LogP contribution in [0.1, 0.15) is 19.4 Å². The molecule has 2 nitrogen and oxygen atoms in total. The molecule has 0 fully saturated rings. The lowest BCUT2D eigenvalue weighted by molar-refractivity contribution is 0.157. The number of halogens is 1. The summed E-state index contributed by atoms with van der Waals surface area (Å²) in [5, 5.41) is 4.32. The molecule has 17 heavy (non-hydrogen) atoms. The molecular weight excluding hydrogens is 234 g/mol. The van der Waals surface area contributed by atoms with Gasteiger partial charge in [0, 0.05) is 31.3 Å². The van der Waals surface area contributed by atoms with Crippen LogP contribution in [0.5, 0.6) is 0 Å². The van der Waals surface area contributed by atoms with E-state index in [1.807, 2.05) is 18.2 Å². The van der Waals surface area contributed by atoms with E-state index in [1.54, 1.807) is 7.11 Å². The first-order chi connectivity index (χ1) is 8.11. The first-order valence-electron chi connectivity index (χ1n) is 6.08. The van der Waals surface area contributed by atoms with Crippen LogP contribution < -0.4 is 5.32 Å². The Labute approximate surface area is 109 Å².